The van der Waals surface area contributed by atoms with E-state index in [0.29, 0.717) is 13.0 Å². The molecule has 0 spiro atoms. The number of carbonyl (C=O) groups excluding carboxylic acids is 1. The molecule has 7 N–H and O–H groups in total. The number of hydrogen-bond acceptors (Lipinski definition) is 14. The predicted molar refractivity (Wildman–Crippen MR) is 284 cm³/mol. The average Bonchev–Trinajstić information content (AvgIpc) is 3.38. The highest BCUT2D eigenvalue weighted by Gasteiger charge is 2.47. The van der Waals surface area contributed by atoms with Crippen molar-refractivity contribution in [3.05, 3.63) is 12.2 Å². The molecule has 2 rings (SSSR count). The predicted octanol–water partition coefficient (Wildman–Crippen LogP) is 10.6. The van der Waals surface area contributed by atoms with Gasteiger partial charge < -0.3 is 64.2 Å². The quantitative estimate of drug-likeness (QED) is 0.0172. The SMILES string of the molecule is CCCCCCCC/C=C\CCCCCCCCCC(=O)OC(COCCCCCCCCCCCCCCCCCCCCCCC)COC1OC(COC2OC(CO)C(O)C(O)C2O)C(O)C(O)C1O. The van der Waals surface area contributed by atoms with Gasteiger partial charge >= 0.3 is 5.97 Å². The molecule has 0 aliphatic carbocycles. The van der Waals surface area contributed by atoms with Crippen LogP contribution in [-0.2, 0) is 33.2 Å². The lowest BCUT2D eigenvalue weighted by molar-refractivity contribution is -0.332. The Labute approximate surface area is 437 Å². The standard InChI is InChI=1S/C58H110O14/c1-3-5-7-9-11-13-15-17-19-21-22-23-24-26-28-30-32-34-36-38-40-42-67-44-47(70-50(60)41-39-37-35-33-31-29-27-25-20-18-16-14-12-10-8-6-4-2)45-68-57-56(66)54(64)52(62)49(72-57)46-69-58-55(65)53(63)51(61)48(43-59)71-58/h18,20,47-49,51-59,61-66H,3-17,19,21-46H2,1-2H3/b20-18-. The van der Waals surface area contributed by atoms with Crippen molar-refractivity contribution in [1.29, 1.82) is 0 Å². The van der Waals surface area contributed by atoms with E-state index in [1.165, 1.54) is 180 Å². The van der Waals surface area contributed by atoms with E-state index in [9.17, 15) is 40.5 Å². The lowest BCUT2D eigenvalue weighted by Gasteiger charge is -2.42. The van der Waals surface area contributed by atoms with Gasteiger partial charge in [-0.25, -0.2) is 0 Å². The van der Waals surface area contributed by atoms with Crippen molar-refractivity contribution < 1.29 is 69.0 Å². The van der Waals surface area contributed by atoms with E-state index in [1.807, 2.05) is 0 Å². The lowest BCUT2D eigenvalue weighted by Crippen LogP contribution is -2.61. The molecule has 14 nitrogen and oxygen atoms in total. The molecule has 11 atom stereocenters. The Kier molecular flexibility index (Phi) is 42.6. The fourth-order valence-electron chi connectivity index (χ4n) is 9.69. The van der Waals surface area contributed by atoms with Crippen LogP contribution in [-0.4, -0.2) is 142 Å². The third-order valence-electron chi connectivity index (χ3n) is 14.5. The zero-order valence-corrected chi connectivity index (χ0v) is 45.7. The molecule has 72 heavy (non-hydrogen) atoms. The fraction of sp³-hybridized carbons (Fsp3) is 0.948. The van der Waals surface area contributed by atoms with Gasteiger partial charge in [-0.1, -0.05) is 219 Å². The number of allylic oxidation sites excluding steroid dienone is 2. The van der Waals surface area contributed by atoms with Crippen LogP contribution in [0.25, 0.3) is 0 Å². The van der Waals surface area contributed by atoms with Crippen LogP contribution in [0.2, 0.25) is 0 Å². The number of esters is 1. The Morgan fingerprint density at radius 2 is 0.819 bits per heavy atom. The van der Waals surface area contributed by atoms with Crippen LogP contribution >= 0.6 is 0 Å². The molecule has 426 valence electrons. The lowest BCUT2D eigenvalue weighted by atomic mass is 9.98. The van der Waals surface area contributed by atoms with Gasteiger partial charge in [0, 0.05) is 13.0 Å². The molecule has 0 aromatic rings. The number of unbranched alkanes of at least 4 members (excludes halogenated alkanes) is 33. The Morgan fingerprint density at radius 1 is 0.444 bits per heavy atom. The summed E-state index contributed by atoms with van der Waals surface area (Å²) >= 11 is 0. The molecule has 0 aromatic heterocycles. The van der Waals surface area contributed by atoms with Gasteiger partial charge in [0.1, 0.15) is 54.9 Å². The molecule has 2 fully saturated rings. The Hall–Kier alpha value is -1.27. The van der Waals surface area contributed by atoms with E-state index in [-0.39, 0.29) is 25.6 Å². The van der Waals surface area contributed by atoms with Crippen LogP contribution in [0.1, 0.15) is 251 Å². The van der Waals surface area contributed by atoms with Crippen LogP contribution in [0.3, 0.4) is 0 Å². The zero-order valence-electron chi connectivity index (χ0n) is 45.7. The van der Waals surface area contributed by atoms with Crippen LogP contribution in [0.4, 0.5) is 0 Å². The number of aliphatic hydroxyl groups is 7. The first-order valence-electron chi connectivity index (χ1n) is 29.8. The van der Waals surface area contributed by atoms with Crippen LogP contribution in [0.5, 0.6) is 0 Å². The maximum absolute atomic E-state index is 13.1. The molecule has 14 heteroatoms. The van der Waals surface area contributed by atoms with Gasteiger partial charge in [-0.15, -0.1) is 0 Å². The first kappa shape index (κ1) is 66.8. The van der Waals surface area contributed by atoms with Gasteiger partial charge in [-0.05, 0) is 38.5 Å². The molecular formula is C58H110O14. The maximum Gasteiger partial charge on any atom is 0.306 e. The van der Waals surface area contributed by atoms with Gasteiger partial charge in [-0.3, -0.25) is 4.79 Å². The average molecular weight is 1030 g/mol. The summed E-state index contributed by atoms with van der Waals surface area (Å²) in [5.41, 5.74) is 0. The first-order valence-corrected chi connectivity index (χ1v) is 29.8. The highest BCUT2D eigenvalue weighted by atomic mass is 16.7. The van der Waals surface area contributed by atoms with Crippen molar-refractivity contribution in [3.8, 4) is 0 Å². The van der Waals surface area contributed by atoms with E-state index in [4.69, 9.17) is 28.4 Å². The smallest absolute Gasteiger partial charge is 0.306 e. The largest absolute Gasteiger partial charge is 0.457 e. The monoisotopic (exact) mass is 1030 g/mol. The summed E-state index contributed by atoms with van der Waals surface area (Å²) in [4.78, 5) is 13.1. The van der Waals surface area contributed by atoms with Crippen molar-refractivity contribution in [1.82, 2.24) is 0 Å². The normalized spacial score (nSPS) is 25.1. The molecule has 2 aliphatic rings. The minimum Gasteiger partial charge on any atom is -0.457 e. The van der Waals surface area contributed by atoms with E-state index in [0.717, 1.165) is 44.9 Å². The number of carbonyl (C=O) groups is 1. The van der Waals surface area contributed by atoms with Crippen LogP contribution < -0.4 is 0 Å². The Bertz CT molecular complexity index is 1240. The highest BCUT2D eigenvalue weighted by Crippen LogP contribution is 2.27. The van der Waals surface area contributed by atoms with Crippen LogP contribution in [0.15, 0.2) is 12.2 Å². The van der Waals surface area contributed by atoms with Crippen molar-refractivity contribution in [2.45, 2.75) is 319 Å². The van der Waals surface area contributed by atoms with Crippen LogP contribution in [0, 0.1) is 0 Å². The van der Waals surface area contributed by atoms with E-state index in [1.54, 1.807) is 0 Å². The maximum atomic E-state index is 13.1. The summed E-state index contributed by atoms with van der Waals surface area (Å²) in [6.07, 6.45) is 34.1. The third-order valence-corrected chi connectivity index (χ3v) is 14.5. The summed E-state index contributed by atoms with van der Waals surface area (Å²) < 4.78 is 34.4. The van der Waals surface area contributed by atoms with Gasteiger partial charge in [0.15, 0.2) is 12.6 Å². The minimum atomic E-state index is -1.70. The molecule has 2 heterocycles. The summed E-state index contributed by atoms with van der Waals surface area (Å²) in [5, 5.41) is 72.3. The van der Waals surface area contributed by atoms with Crippen molar-refractivity contribution >= 4 is 5.97 Å². The third kappa shape index (κ3) is 32.3. The highest BCUT2D eigenvalue weighted by molar-refractivity contribution is 5.69. The van der Waals surface area contributed by atoms with Gasteiger partial charge in [-0.2, -0.15) is 0 Å². The summed E-state index contributed by atoms with van der Waals surface area (Å²) in [6.45, 7) is 3.74. The Morgan fingerprint density at radius 3 is 1.26 bits per heavy atom. The van der Waals surface area contributed by atoms with Crippen molar-refractivity contribution in [2.75, 3.05) is 33.0 Å². The summed E-state index contributed by atoms with van der Waals surface area (Å²) in [5.74, 6) is -0.375. The number of hydrogen-bond donors (Lipinski definition) is 7. The van der Waals surface area contributed by atoms with Gasteiger partial charge in [0.2, 0.25) is 0 Å². The number of rotatable bonds is 49. The van der Waals surface area contributed by atoms with E-state index >= 15 is 0 Å². The zero-order chi connectivity index (χ0) is 52.3. The molecular weight excluding hydrogens is 921 g/mol. The molecule has 0 bridgehead atoms. The first-order chi connectivity index (χ1) is 35.1. The fourth-order valence-corrected chi connectivity index (χ4v) is 9.69. The molecule has 2 aliphatic heterocycles. The van der Waals surface area contributed by atoms with Crippen molar-refractivity contribution in [2.24, 2.45) is 0 Å². The number of aliphatic hydroxyl groups excluding tert-OH is 7. The molecule has 2 saturated heterocycles. The second kappa shape index (κ2) is 45.9. The molecule has 11 unspecified atom stereocenters. The van der Waals surface area contributed by atoms with Gasteiger partial charge in [0.05, 0.1) is 26.4 Å². The summed E-state index contributed by atoms with van der Waals surface area (Å²) in [7, 11) is 0. The van der Waals surface area contributed by atoms with Gasteiger partial charge in [0.25, 0.3) is 0 Å². The Balaban J connectivity index is 1.70. The van der Waals surface area contributed by atoms with E-state index in [2.05, 4.69) is 26.0 Å². The molecule has 0 radical (unpaired) electrons. The molecule has 0 saturated carbocycles. The second-order valence-electron chi connectivity index (χ2n) is 21.2. The summed E-state index contributed by atoms with van der Waals surface area (Å²) in [6, 6.07) is 0. The molecule has 0 amide bonds. The minimum absolute atomic E-state index is 0.0663. The number of ether oxygens (including phenoxy) is 6. The second-order valence-corrected chi connectivity index (χ2v) is 21.2. The topological polar surface area (TPSA) is 214 Å². The van der Waals surface area contributed by atoms with E-state index < -0.39 is 80.7 Å². The molecule has 0 aromatic carbocycles. The van der Waals surface area contributed by atoms with Crippen molar-refractivity contribution in [3.63, 3.8) is 0 Å².